The van der Waals surface area contributed by atoms with Crippen LogP contribution in [0.4, 0.5) is 14.6 Å². The number of aromatic nitrogens is 1. The molecule has 88 valence electrons. The largest absolute Gasteiger partial charge is 0.462 e. The molecule has 0 aromatic carbocycles. The van der Waals surface area contributed by atoms with Crippen LogP contribution < -0.4 is 5.73 Å². The van der Waals surface area contributed by atoms with E-state index in [9.17, 15) is 13.6 Å². The van der Waals surface area contributed by atoms with Crippen LogP contribution in [0.15, 0.2) is 6.07 Å². The first kappa shape index (κ1) is 12.6. The fourth-order valence-corrected chi connectivity index (χ4v) is 1.41. The molecule has 0 amide bonds. The van der Waals surface area contributed by atoms with Gasteiger partial charge in [-0.1, -0.05) is 11.6 Å². The van der Waals surface area contributed by atoms with Gasteiger partial charge in [0.15, 0.2) is 0 Å². The topological polar surface area (TPSA) is 65.2 Å². The molecule has 0 fully saturated rings. The van der Waals surface area contributed by atoms with Crippen LogP contribution in [0.3, 0.4) is 0 Å². The molecule has 1 aromatic heterocycles. The van der Waals surface area contributed by atoms with Crippen molar-refractivity contribution in [1.29, 1.82) is 0 Å². The Bertz CT molecular complexity index is 413. The summed E-state index contributed by atoms with van der Waals surface area (Å²) >= 11 is 5.50. The van der Waals surface area contributed by atoms with Crippen molar-refractivity contribution in [2.24, 2.45) is 0 Å². The third-order valence-electron chi connectivity index (χ3n) is 1.75. The number of nitrogen functional groups attached to an aromatic ring is 1. The number of halogens is 3. The Kier molecular flexibility index (Phi) is 4.00. The highest BCUT2D eigenvalue weighted by Crippen LogP contribution is 2.30. The summed E-state index contributed by atoms with van der Waals surface area (Å²) in [6.07, 6.45) is -2.92. The lowest BCUT2D eigenvalue weighted by Crippen LogP contribution is -2.11. The maximum atomic E-state index is 12.6. The Morgan fingerprint density at radius 1 is 1.69 bits per heavy atom. The minimum atomic E-state index is -2.92. The Labute approximate surface area is 95.4 Å². The van der Waals surface area contributed by atoms with Crippen LogP contribution in [-0.4, -0.2) is 17.6 Å². The number of esters is 1. The molecule has 0 atom stereocenters. The van der Waals surface area contributed by atoms with Crippen LogP contribution in [0.5, 0.6) is 0 Å². The molecule has 0 bridgehead atoms. The van der Waals surface area contributed by atoms with E-state index < -0.39 is 23.1 Å². The quantitative estimate of drug-likeness (QED) is 0.661. The van der Waals surface area contributed by atoms with Crippen molar-refractivity contribution in [3.05, 3.63) is 22.3 Å². The van der Waals surface area contributed by atoms with Gasteiger partial charge in [0.2, 0.25) is 0 Å². The molecule has 1 rings (SSSR count). The van der Waals surface area contributed by atoms with Gasteiger partial charge in [-0.05, 0) is 13.0 Å². The van der Waals surface area contributed by atoms with Gasteiger partial charge < -0.3 is 10.5 Å². The number of ether oxygens (including phenoxy) is 1. The highest BCUT2D eigenvalue weighted by molar-refractivity contribution is 6.30. The van der Waals surface area contributed by atoms with Crippen molar-refractivity contribution in [3.8, 4) is 0 Å². The molecule has 0 saturated heterocycles. The highest BCUT2D eigenvalue weighted by Gasteiger charge is 2.24. The molecule has 16 heavy (non-hydrogen) atoms. The van der Waals surface area contributed by atoms with E-state index >= 15 is 0 Å². The number of carbonyl (C=O) groups is 1. The third-order valence-corrected chi connectivity index (χ3v) is 2.03. The molecule has 1 heterocycles. The number of alkyl halides is 2. The van der Waals surface area contributed by atoms with Gasteiger partial charge >= 0.3 is 5.97 Å². The first-order valence-corrected chi connectivity index (χ1v) is 4.76. The number of hydrogen-bond donors (Lipinski definition) is 1. The molecule has 0 spiro atoms. The van der Waals surface area contributed by atoms with E-state index in [1.807, 2.05) is 0 Å². The van der Waals surface area contributed by atoms with Crippen LogP contribution in [-0.2, 0) is 4.74 Å². The van der Waals surface area contributed by atoms with E-state index in [0.29, 0.717) is 0 Å². The van der Waals surface area contributed by atoms with E-state index in [1.165, 1.54) is 0 Å². The van der Waals surface area contributed by atoms with Gasteiger partial charge in [-0.15, -0.1) is 0 Å². The summed E-state index contributed by atoms with van der Waals surface area (Å²) in [6, 6.07) is 1.02. The number of pyridine rings is 1. The molecule has 7 heteroatoms. The molecule has 0 aliphatic heterocycles. The van der Waals surface area contributed by atoms with Crippen molar-refractivity contribution >= 4 is 23.4 Å². The zero-order valence-electron chi connectivity index (χ0n) is 8.34. The maximum absolute atomic E-state index is 12.6. The summed E-state index contributed by atoms with van der Waals surface area (Å²) in [5.74, 6) is -1.01. The summed E-state index contributed by atoms with van der Waals surface area (Å²) in [5.41, 5.74) is 4.30. The number of rotatable bonds is 3. The van der Waals surface area contributed by atoms with Gasteiger partial charge in [0.1, 0.15) is 11.0 Å². The average molecular weight is 251 g/mol. The SMILES string of the molecule is CCOC(=O)c1cc(N)nc(Cl)c1C(F)F. The third kappa shape index (κ3) is 2.57. The molecule has 0 saturated carbocycles. The lowest BCUT2D eigenvalue weighted by Gasteiger charge is -2.10. The molecular formula is C9H9ClF2N2O2. The number of nitrogens with two attached hydrogens (primary N) is 1. The van der Waals surface area contributed by atoms with Crippen LogP contribution in [0, 0.1) is 0 Å². The zero-order valence-corrected chi connectivity index (χ0v) is 9.09. The van der Waals surface area contributed by atoms with Crippen molar-refractivity contribution in [2.75, 3.05) is 12.3 Å². The monoisotopic (exact) mass is 250 g/mol. The average Bonchev–Trinajstić information content (AvgIpc) is 2.15. The minimum Gasteiger partial charge on any atom is -0.462 e. The van der Waals surface area contributed by atoms with Crippen molar-refractivity contribution in [3.63, 3.8) is 0 Å². The van der Waals surface area contributed by atoms with E-state index in [0.717, 1.165) is 6.07 Å². The minimum absolute atomic E-state index is 0.0708. The van der Waals surface area contributed by atoms with Crippen LogP contribution in [0.25, 0.3) is 0 Å². The zero-order chi connectivity index (χ0) is 12.3. The summed E-state index contributed by atoms with van der Waals surface area (Å²) in [4.78, 5) is 14.8. The first-order chi connectivity index (χ1) is 7.47. The summed E-state index contributed by atoms with van der Waals surface area (Å²) < 4.78 is 29.9. The van der Waals surface area contributed by atoms with E-state index in [-0.39, 0.29) is 18.0 Å². The molecule has 0 aliphatic rings. The van der Waals surface area contributed by atoms with Crippen molar-refractivity contribution < 1.29 is 18.3 Å². The predicted octanol–water partition coefficient (Wildman–Crippen LogP) is 2.43. The molecule has 4 nitrogen and oxygen atoms in total. The normalized spacial score (nSPS) is 10.6. The summed E-state index contributed by atoms with van der Waals surface area (Å²) in [6.45, 7) is 1.63. The number of carbonyl (C=O) groups excluding carboxylic acids is 1. The smallest absolute Gasteiger partial charge is 0.338 e. The highest BCUT2D eigenvalue weighted by atomic mass is 35.5. The van der Waals surface area contributed by atoms with Gasteiger partial charge in [-0.25, -0.2) is 18.6 Å². The molecule has 0 radical (unpaired) electrons. The van der Waals surface area contributed by atoms with Gasteiger partial charge in [0, 0.05) is 0 Å². The van der Waals surface area contributed by atoms with E-state index in [2.05, 4.69) is 9.72 Å². The van der Waals surface area contributed by atoms with Crippen molar-refractivity contribution in [1.82, 2.24) is 4.98 Å². The van der Waals surface area contributed by atoms with Crippen LogP contribution in [0.1, 0.15) is 29.3 Å². The lowest BCUT2D eigenvalue weighted by atomic mass is 10.1. The van der Waals surface area contributed by atoms with Crippen LogP contribution >= 0.6 is 11.6 Å². The van der Waals surface area contributed by atoms with Gasteiger partial charge in [-0.2, -0.15) is 0 Å². The number of anilines is 1. The maximum Gasteiger partial charge on any atom is 0.338 e. The second-order valence-corrected chi connectivity index (χ2v) is 3.18. The molecule has 0 aliphatic carbocycles. The summed E-state index contributed by atoms with van der Waals surface area (Å²) in [5, 5.41) is -0.488. The number of hydrogen-bond acceptors (Lipinski definition) is 4. The molecule has 1 aromatic rings. The standard InChI is InChI=1S/C9H9ClF2N2O2/c1-2-16-9(15)4-3-5(13)14-7(10)6(4)8(11)12/h3,8H,2H2,1H3,(H2,13,14). The van der Waals surface area contributed by atoms with Crippen LogP contribution in [0.2, 0.25) is 5.15 Å². The lowest BCUT2D eigenvalue weighted by molar-refractivity contribution is 0.0515. The Morgan fingerprint density at radius 2 is 2.31 bits per heavy atom. The van der Waals surface area contributed by atoms with E-state index in [1.54, 1.807) is 6.92 Å². The molecule has 0 unspecified atom stereocenters. The Morgan fingerprint density at radius 3 is 2.81 bits per heavy atom. The van der Waals surface area contributed by atoms with Gasteiger partial charge in [0.05, 0.1) is 17.7 Å². The first-order valence-electron chi connectivity index (χ1n) is 4.38. The fraction of sp³-hybridized carbons (Fsp3) is 0.333. The van der Waals surface area contributed by atoms with Crippen molar-refractivity contribution in [2.45, 2.75) is 13.3 Å². The molecular weight excluding hydrogens is 242 g/mol. The number of nitrogens with zero attached hydrogens (tertiary/aromatic N) is 1. The summed E-state index contributed by atoms with van der Waals surface area (Å²) in [7, 11) is 0. The molecule has 2 N–H and O–H groups in total. The van der Waals surface area contributed by atoms with Gasteiger partial charge in [-0.3, -0.25) is 0 Å². The second-order valence-electron chi connectivity index (χ2n) is 2.82. The fourth-order valence-electron chi connectivity index (χ4n) is 1.13. The van der Waals surface area contributed by atoms with Gasteiger partial charge in [0.25, 0.3) is 6.43 Å². The predicted molar refractivity (Wildman–Crippen MR) is 54.6 cm³/mol. The second kappa shape index (κ2) is 5.07. The Balaban J connectivity index is 3.29. The van der Waals surface area contributed by atoms with E-state index in [4.69, 9.17) is 17.3 Å². The Hall–Kier alpha value is -1.43.